The molecule has 2 heterocycles. The number of rotatable bonds is 1. The molecule has 3 heteroatoms. The first kappa shape index (κ1) is 10.0. The molecule has 0 unspecified atom stereocenters. The zero-order chi connectivity index (χ0) is 11.8. The van der Waals surface area contributed by atoms with Gasteiger partial charge in [-0.05, 0) is 31.4 Å². The van der Waals surface area contributed by atoms with Crippen molar-refractivity contribution in [3.63, 3.8) is 0 Å². The van der Waals surface area contributed by atoms with Gasteiger partial charge in [-0.25, -0.2) is 9.67 Å². The van der Waals surface area contributed by atoms with Gasteiger partial charge in [-0.15, -0.1) is 0 Å². The Morgan fingerprint density at radius 3 is 2.65 bits per heavy atom. The number of aryl methyl sites for hydroxylation is 2. The second-order valence-corrected chi connectivity index (χ2v) is 4.19. The van der Waals surface area contributed by atoms with Crippen LogP contribution in [-0.4, -0.2) is 14.8 Å². The molecule has 0 atom stereocenters. The lowest BCUT2D eigenvalue weighted by Gasteiger charge is -2.06. The molecule has 0 saturated heterocycles. The standard InChI is InChI=1S/C14H13N3/c1-10-9-11(2)17(16-10)14-13-6-4-3-5-12(13)7-8-15-14/h3-9H,1-2H3. The van der Waals surface area contributed by atoms with E-state index in [1.807, 2.05) is 42.9 Å². The van der Waals surface area contributed by atoms with Crippen molar-refractivity contribution in [1.82, 2.24) is 14.8 Å². The van der Waals surface area contributed by atoms with Crippen LogP contribution in [0.3, 0.4) is 0 Å². The fraction of sp³-hybridized carbons (Fsp3) is 0.143. The Bertz CT molecular complexity index is 678. The van der Waals surface area contributed by atoms with Gasteiger partial charge in [0.25, 0.3) is 0 Å². The van der Waals surface area contributed by atoms with Crippen LogP contribution in [0.15, 0.2) is 42.6 Å². The molecule has 0 bridgehead atoms. The number of nitrogens with zero attached hydrogens (tertiary/aromatic N) is 3. The first-order valence-electron chi connectivity index (χ1n) is 5.63. The first-order valence-corrected chi connectivity index (χ1v) is 5.63. The van der Waals surface area contributed by atoms with E-state index in [1.165, 1.54) is 5.39 Å². The lowest BCUT2D eigenvalue weighted by atomic mass is 10.1. The molecule has 84 valence electrons. The van der Waals surface area contributed by atoms with Crippen LogP contribution >= 0.6 is 0 Å². The SMILES string of the molecule is Cc1cc(C)n(-c2nccc3ccccc23)n1. The molecule has 0 saturated carbocycles. The molecular formula is C14H13N3. The summed E-state index contributed by atoms with van der Waals surface area (Å²) in [5.41, 5.74) is 2.11. The number of benzene rings is 1. The minimum absolute atomic E-state index is 0.897. The third-order valence-electron chi connectivity index (χ3n) is 2.86. The molecular weight excluding hydrogens is 210 g/mol. The van der Waals surface area contributed by atoms with Gasteiger partial charge in [0.1, 0.15) is 0 Å². The summed E-state index contributed by atoms with van der Waals surface area (Å²) >= 11 is 0. The van der Waals surface area contributed by atoms with Gasteiger partial charge in [0, 0.05) is 17.3 Å². The summed E-state index contributed by atoms with van der Waals surface area (Å²) in [4.78, 5) is 4.45. The van der Waals surface area contributed by atoms with E-state index in [2.05, 4.69) is 28.3 Å². The molecule has 3 aromatic rings. The molecule has 0 aliphatic heterocycles. The van der Waals surface area contributed by atoms with Crippen molar-refractivity contribution in [2.24, 2.45) is 0 Å². The van der Waals surface area contributed by atoms with Crippen molar-refractivity contribution >= 4 is 10.8 Å². The zero-order valence-corrected chi connectivity index (χ0v) is 9.88. The minimum Gasteiger partial charge on any atom is -0.237 e. The van der Waals surface area contributed by atoms with E-state index in [0.29, 0.717) is 0 Å². The molecule has 17 heavy (non-hydrogen) atoms. The lowest BCUT2D eigenvalue weighted by Crippen LogP contribution is -2.02. The maximum atomic E-state index is 4.48. The van der Waals surface area contributed by atoms with Gasteiger partial charge in [-0.2, -0.15) is 5.10 Å². The van der Waals surface area contributed by atoms with Gasteiger partial charge in [-0.3, -0.25) is 0 Å². The number of fused-ring (bicyclic) bond motifs is 1. The van der Waals surface area contributed by atoms with Crippen LogP contribution in [0.25, 0.3) is 16.6 Å². The third kappa shape index (κ3) is 1.60. The minimum atomic E-state index is 0.897. The van der Waals surface area contributed by atoms with Gasteiger partial charge in [0.05, 0.1) is 5.69 Å². The molecule has 0 radical (unpaired) electrons. The van der Waals surface area contributed by atoms with Crippen LogP contribution in [0.1, 0.15) is 11.4 Å². The van der Waals surface area contributed by atoms with Crippen LogP contribution in [0.5, 0.6) is 0 Å². The summed E-state index contributed by atoms with van der Waals surface area (Å²) in [5.74, 6) is 0.897. The second-order valence-electron chi connectivity index (χ2n) is 4.19. The summed E-state index contributed by atoms with van der Waals surface area (Å²) in [6.07, 6.45) is 1.83. The summed E-state index contributed by atoms with van der Waals surface area (Å²) in [7, 11) is 0. The van der Waals surface area contributed by atoms with Crippen LogP contribution in [0.4, 0.5) is 0 Å². The quantitative estimate of drug-likeness (QED) is 0.634. The van der Waals surface area contributed by atoms with Crippen molar-refractivity contribution in [1.29, 1.82) is 0 Å². The second kappa shape index (κ2) is 3.70. The molecule has 0 aliphatic carbocycles. The predicted molar refractivity (Wildman–Crippen MR) is 68.3 cm³/mol. The third-order valence-corrected chi connectivity index (χ3v) is 2.86. The van der Waals surface area contributed by atoms with E-state index >= 15 is 0 Å². The molecule has 2 aromatic heterocycles. The Labute approximate surface area is 99.7 Å². The fourth-order valence-corrected chi connectivity index (χ4v) is 2.12. The number of pyridine rings is 1. The van der Waals surface area contributed by atoms with Gasteiger partial charge >= 0.3 is 0 Å². The maximum absolute atomic E-state index is 4.48. The van der Waals surface area contributed by atoms with E-state index < -0.39 is 0 Å². The van der Waals surface area contributed by atoms with Gasteiger partial charge < -0.3 is 0 Å². The average Bonchev–Trinajstić information content (AvgIpc) is 2.68. The molecule has 1 aromatic carbocycles. The van der Waals surface area contributed by atoms with E-state index in [1.54, 1.807) is 0 Å². The molecule has 0 fully saturated rings. The molecule has 0 N–H and O–H groups in total. The van der Waals surface area contributed by atoms with E-state index in [4.69, 9.17) is 0 Å². The first-order chi connectivity index (χ1) is 8.25. The van der Waals surface area contributed by atoms with E-state index in [9.17, 15) is 0 Å². The Morgan fingerprint density at radius 1 is 1.06 bits per heavy atom. The van der Waals surface area contributed by atoms with Gasteiger partial charge in [-0.1, -0.05) is 24.3 Å². The highest BCUT2D eigenvalue weighted by Gasteiger charge is 2.08. The maximum Gasteiger partial charge on any atom is 0.161 e. The van der Waals surface area contributed by atoms with Crippen LogP contribution in [0.2, 0.25) is 0 Å². The number of aromatic nitrogens is 3. The molecule has 3 nitrogen and oxygen atoms in total. The van der Waals surface area contributed by atoms with Crippen molar-refractivity contribution in [2.45, 2.75) is 13.8 Å². The molecule has 0 spiro atoms. The van der Waals surface area contributed by atoms with Crippen molar-refractivity contribution < 1.29 is 0 Å². The molecule has 3 rings (SSSR count). The largest absolute Gasteiger partial charge is 0.237 e. The van der Waals surface area contributed by atoms with Crippen LogP contribution in [-0.2, 0) is 0 Å². The molecule has 0 amide bonds. The Kier molecular flexibility index (Phi) is 2.18. The fourth-order valence-electron chi connectivity index (χ4n) is 2.12. The highest BCUT2D eigenvalue weighted by molar-refractivity contribution is 5.88. The predicted octanol–water partition coefficient (Wildman–Crippen LogP) is 3.04. The summed E-state index contributed by atoms with van der Waals surface area (Å²) in [6, 6.07) is 12.3. The van der Waals surface area contributed by atoms with E-state index in [-0.39, 0.29) is 0 Å². The van der Waals surface area contributed by atoms with Crippen molar-refractivity contribution in [3.8, 4) is 5.82 Å². The van der Waals surface area contributed by atoms with E-state index in [0.717, 1.165) is 22.6 Å². The van der Waals surface area contributed by atoms with Gasteiger partial charge in [0.15, 0.2) is 5.82 Å². The Balaban J connectivity index is 2.34. The Hall–Kier alpha value is -2.16. The summed E-state index contributed by atoms with van der Waals surface area (Å²) in [5, 5.41) is 6.80. The van der Waals surface area contributed by atoms with Crippen molar-refractivity contribution in [3.05, 3.63) is 54.0 Å². The smallest absolute Gasteiger partial charge is 0.161 e. The van der Waals surface area contributed by atoms with Crippen LogP contribution < -0.4 is 0 Å². The number of hydrogen-bond donors (Lipinski definition) is 0. The highest BCUT2D eigenvalue weighted by atomic mass is 15.3. The normalized spacial score (nSPS) is 10.9. The van der Waals surface area contributed by atoms with Crippen molar-refractivity contribution in [2.75, 3.05) is 0 Å². The number of hydrogen-bond acceptors (Lipinski definition) is 2. The van der Waals surface area contributed by atoms with Crippen LogP contribution in [0, 0.1) is 13.8 Å². The zero-order valence-electron chi connectivity index (χ0n) is 9.88. The van der Waals surface area contributed by atoms with Gasteiger partial charge in [0.2, 0.25) is 0 Å². The average molecular weight is 223 g/mol. The Morgan fingerprint density at radius 2 is 1.88 bits per heavy atom. The monoisotopic (exact) mass is 223 g/mol. The summed E-state index contributed by atoms with van der Waals surface area (Å²) < 4.78 is 1.90. The lowest BCUT2D eigenvalue weighted by molar-refractivity contribution is 0.814. The highest BCUT2D eigenvalue weighted by Crippen LogP contribution is 2.20. The topological polar surface area (TPSA) is 30.7 Å². The molecule has 0 aliphatic rings. The summed E-state index contributed by atoms with van der Waals surface area (Å²) in [6.45, 7) is 4.04.